The molecule has 0 bridgehead atoms. The number of nitrogens with zero attached hydrogens (tertiary/aromatic N) is 1. The molecule has 0 amide bonds. The van der Waals surface area contributed by atoms with E-state index in [1.807, 2.05) is 24.3 Å². The van der Waals surface area contributed by atoms with Crippen LogP contribution < -0.4 is 4.57 Å². The summed E-state index contributed by atoms with van der Waals surface area (Å²) < 4.78 is 3.47. The lowest BCUT2D eigenvalue weighted by atomic mass is 10.2. The Labute approximate surface area is 127 Å². The Hall–Kier alpha value is -2.33. The van der Waals surface area contributed by atoms with Gasteiger partial charge in [-0.1, -0.05) is 23.5 Å². The van der Waals surface area contributed by atoms with E-state index < -0.39 is 0 Å². The first-order valence-corrected chi connectivity index (χ1v) is 7.62. The first-order valence-electron chi connectivity index (χ1n) is 6.80. The SMILES string of the molecule is CC[n+]1c(/C=C/c2cc(O)ccc2O)sc2ccccc21. The number of benzene rings is 2. The van der Waals surface area contributed by atoms with Crippen LogP contribution in [0.15, 0.2) is 42.5 Å². The first-order chi connectivity index (χ1) is 10.2. The van der Waals surface area contributed by atoms with Crippen molar-refractivity contribution in [3.05, 3.63) is 53.0 Å². The number of phenols is 2. The van der Waals surface area contributed by atoms with E-state index in [1.54, 1.807) is 17.4 Å². The van der Waals surface area contributed by atoms with Crippen LogP contribution in [0.25, 0.3) is 22.4 Å². The molecule has 1 aromatic heterocycles. The highest BCUT2D eigenvalue weighted by molar-refractivity contribution is 7.18. The molecule has 0 aliphatic heterocycles. The maximum atomic E-state index is 9.81. The molecule has 2 N–H and O–H groups in total. The van der Waals surface area contributed by atoms with Crippen LogP contribution in [0.1, 0.15) is 17.5 Å². The van der Waals surface area contributed by atoms with Crippen LogP contribution in [-0.2, 0) is 6.54 Å². The number of aromatic nitrogens is 1. The van der Waals surface area contributed by atoms with Crippen molar-refractivity contribution >= 4 is 33.7 Å². The molecule has 3 nitrogen and oxygen atoms in total. The van der Waals surface area contributed by atoms with Crippen molar-refractivity contribution in [1.29, 1.82) is 0 Å². The van der Waals surface area contributed by atoms with Gasteiger partial charge in [0.2, 0.25) is 5.52 Å². The molecule has 21 heavy (non-hydrogen) atoms. The minimum atomic E-state index is 0.146. The number of phenolic OH excluding ortho intramolecular Hbond substituents is 2. The Morgan fingerprint density at radius 2 is 1.90 bits per heavy atom. The topological polar surface area (TPSA) is 44.3 Å². The number of thiazole rings is 1. The van der Waals surface area contributed by atoms with Crippen LogP contribution in [0.3, 0.4) is 0 Å². The van der Waals surface area contributed by atoms with Gasteiger partial charge in [0, 0.05) is 17.7 Å². The summed E-state index contributed by atoms with van der Waals surface area (Å²) in [6.07, 6.45) is 3.80. The van der Waals surface area contributed by atoms with Crippen molar-refractivity contribution in [2.24, 2.45) is 0 Å². The van der Waals surface area contributed by atoms with Gasteiger partial charge in [-0.3, -0.25) is 0 Å². The first kappa shape index (κ1) is 13.6. The van der Waals surface area contributed by atoms with E-state index in [9.17, 15) is 10.2 Å². The average Bonchev–Trinajstić information content (AvgIpc) is 2.85. The van der Waals surface area contributed by atoms with E-state index in [2.05, 4.69) is 23.6 Å². The van der Waals surface area contributed by atoms with Crippen LogP contribution in [-0.4, -0.2) is 10.2 Å². The standard InChI is InChI=1S/C17H15NO2S/c1-2-18-14-5-3-4-6-16(14)21-17(18)10-7-12-11-13(19)8-9-15(12)20/h3-11,19H,2H2,1H3/p+1. The Bertz CT molecular complexity index is 821. The predicted octanol–water partition coefficient (Wildman–Crippen LogP) is 3.79. The van der Waals surface area contributed by atoms with Crippen molar-refractivity contribution < 1.29 is 14.8 Å². The maximum absolute atomic E-state index is 9.81. The molecule has 3 rings (SSSR count). The number of para-hydroxylation sites is 1. The molecular formula is C17H16NO2S+. The van der Waals surface area contributed by atoms with Crippen molar-refractivity contribution in [3.63, 3.8) is 0 Å². The number of rotatable bonds is 3. The molecule has 0 fully saturated rings. The molecule has 0 saturated heterocycles. The summed E-state index contributed by atoms with van der Waals surface area (Å²) in [5, 5.41) is 20.4. The van der Waals surface area contributed by atoms with Crippen molar-refractivity contribution in [3.8, 4) is 11.5 Å². The number of aryl methyl sites for hydroxylation is 1. The van der Waals surface area contributed by atoms with Crippen LogP contribution in [0.4, 0.5) is 0 Å². The van der Waals surface area contributed by atoms with Crippen LogP contribution >= 0.6 is 11.3 Å². The fourth-order valence-corrected chi connectivity index (χ4v) is 3.47. The second kappa shape index (κ2) is 5.58. The predicted molar refractivity (Wildman–Crippen MR) is 86.4 cm³/mol. The Morgan fingerprint density at radius 3 is 2.71 bits per heavy atom. The average molecular weight is 298 g/mol. The zero-order chi connectivity index (χ0) is 14.8. The van der Waals surface area contributed by atoms with Crippen LogP contribution in [0.2, 0.25) is 0 Å². The number of hydrogen-bond donors (Lipinski definition) is 2. The quantitative estimate of drug-likeness (QED) is 0.571. The van der Waals surface area contributed by atoms with Crippen LogP contribution in [0, 0.1) is 0 Å². The molecule has 106 valence electrons. The summed E-state index contributed by atoms with van der Waals surface area (Å²) in [7, 11) is 0. The minimum absolute atomic E-state index is 0.146. The van der Waals surface area contributed by atoms with E-state index in [-0.39, 0.29) is 11.5 Å². The molecule has 0 radical (unpaired) electrons. The largest absolute Gasteiger partial charge is 0.508 e. The molecule has 2 aromatic carbocycles. The maximum Gasteiger partial charge on any atom is 0.262 e. The van der Waals surface area contributed by atoms with Crippen molar-refractivity contribution in [2.75, 3.05) is 0 Å². The Balaban J connectivity index is 2.05. The van der Waals surface area contributed by atoms with E-state index in [1.165, 1.54) is 22.3 Å². The third-order valence-electron chi connectivity index (χ3n) is 3.37. The summed E-state index contributed by atoms with van der Waals surface area (Å²) in [6, 6.07) is 12.8. The second-order valence-electron chi connectivity index (χ2n) is 4.73. The summed E-state index contributed by atoms with van der Waals surface area (Å²) in [5.41, 5.74) is 1.82. The van der Waals surface area contributed by atoms with E-state index in [4.69, 9.17) is 0 Å². The second-order valence-corrected chi connectivity index (χ2v) is 5.79. The van der Waals surface area contributed by atoms with Gasteiger partial charge in [0.25, 0.3) is 5.01 Å². The van der Waals surface area contributed by atoms with Gasteiger partial charge in [0.15, 0.2) is 0 Å². The lowest BCUT2D eigenvalue weighted by Crippen LogP contribution is -2.33. The molecule has 0 aliphatic rings. The zero-order valence-electron chi connectivity index (χ0n) is 11.7. The fraction of sp³-hybridized carbons (Fsp3) is 0.118. The van der Waals surface area contributed by atoms with Crippen molar-refractivity contribution in [1.82, 2.24) is 0 Å². The molecule has 0 saturated carbocycles. The fourth-order valence-electron chi connectivity index (χ4n) is 2.34. The van der Waals surface area contributed by atoms with Gasteiger partial charge >= 0.3 is 0 Å². The summed E-state index contributed by atoms with van der Waals surface area (Å²) in [5.74, 6) is 0.306. The summed E-state index contributed by atoms with van der Waals surface area (Å²) in [6.45, 7) is 3.00. The van der Waals surface area contributed by atoms with E-state index in [0.717, 1.165) is 11.6 Å². The van der Waals surface area contributed by atoms with E-state index in [0.29, 0.717) is 5.56 Å². The third-order valence-corrected chi connectivity index (χ3v) is 4.50. The molecule has 3 aromatic rings. The molecular weight excluding hydrogens is 282 g/mol. The molecule has 0 spiro atoms. The molecule has 0 atom stereocenters. The molecule has 1 heterocycles. The smallest absolute Gasteiger partial charge is 0.262 e. The highest BCUT2D eigenvalue weighted by Gasteiger charge is 2.16. The van der Waals surface area contributed by atoms with Gasteiger partial charge in [-0.15, -0.1) is 0 Å². The monoisotopic (exact) mass is 298 g/mol. The zero-order valence-corrected chi connectivity index (χ0v) is 12.5. The molecule has 0 unspecified atom stereocenters. The van der Waals surface area contributed by atoms with Gasteiger partial charge in [-0.2, -0.15) is 4.57 Å². The minimum Gasteiger partial charge on any atom is -0.508 e. The number of aromatic hydroxyl groups is 2. The van der Waals surface area contributed by atoms with Gasteiger partial charge in [-0.25, -0.2) is 0 Å². The highest BCUT2D eigenvalue weighted by atomic mass is 32.1. The lowest BCUT2D eigenvalue weighted by molar-refractivity contribution is -0.665. The van der Waals surface area contributed by atoms with E-state index >= 15 is 0 Å². The highest BCUT2D eigenvalue weighted by Crippen LogP contribution is 2.26. The summed E-state index contributed by atoms with van der Waals surface area (Å²) >= 11 is 1.71. The number of hydrogen-bond acceptors (Lipinski definition) is 3. The van der Waals surface area contributed by atoms with Gasteiger partial charge < -0.3 is 10.2 Å². The van der Waals surface area contributed by atoms with Crippen LogP contribution in [0.5, 0.6) is 11.5 Å². The summed E-state index contributed by atoms with van der Waals surface area (Å²) in [4.78, 5) is 0. The Kier molecular flexibility index (Phi) is 3.62. The normalized spacial score (nSPS) is 11.5. The van der Waals surface area contributed by atoms with Gasteiger partial charge in [0.1, 0.15) is 22.7 Å². The van der Waals surface area contributed by atoms with Crippen molar-refractivity contribution in [2.45, 2.75) is 13.5 Å². The number of fused-ring (bicyclic) bond motifs is 1. The lowest BCUT2D eigenvalue weighted by Gasteiger charge is -1.98. The third kappa shape index (κ3) is 2.62. The Morgan fingerprint density at radius 1 is 1.10 bits per heavy atom. The molecule has 0 aliphatic carbocycles. The van der Waals surface area contributed by atoms with Gasteiger partial charge in [-0.05, 0) is 37.3 Å². The molecule has 4 heteroatoms. The van der Waals surface area contributed by atoms with Gasteiger partial charge in [0.05, 0.1) is 0 Å².